The normalized spacial score (nSPS) is 12.4. The lowest BCUT2D eigenvalue weighted by Gasteiger charge is -2.18. The predicted octanol–water partition coefficient (Wildman–Crippen LogP) is 17.9. The van der Waals surface area contributed by atoms with E-state index in [-0.39, 0.29) is 31.1 Å². The Morgan fingerprint density at radius 1 is 0.317 bits per heavy atom. The molecule has 0 aliphatic rings. The molecular formula is C57H102O6. The van der Waals surface area contributed by atoms with Gasteiger partial charge in [0.25, 0.3) is 0 Å². The number of allylic oxidation sites excluding steroid dienone is 8. The molecule has 0 spiro atoms. The molecule has 0 amide bonds. The fraction of sp³-hybridized carbons (Fsp3) is 0.807. The van der Waals surface area contributed by atoms with E-state index in [1.807, 2.05) is 0 Å². The maximum atomic E-state index is 12.8. The first kappa shape index (κ1) is 60.4. The van der Waals surface area contributed by atoms with Gasteiger partial charge in [0.2, 0.25) is 0 Å². The van der Waals surface area contributed by atoms with Crippen molar-refractivity contribution in [1.29, 1.82) is 0 Å². The molecule has 0 aromatic heterocycles. The number of rotatable bonds is 49. The lowest BCUT2D eigenvalue weighted by Crippen LogP contribution is -2.30. The zero-order valence-corrected chi connectivity index (χ0v) is 41.8. The molecule has 0 aliphatic heterocycles. The highest BCUT2D eigenvalue weighted by atomic mass is 16.6. The van der Waals surface area contributed by atoms with Crippen LogP contribution in [0.1, 0.15) is 278 Å². The minimum absolute atomic E-state index is 0.0860. The second-order valence-electron chi connectivity index (χ2n) is 18.2. The van der Waals surface area contributed by atoms with E-state index in [0.29, 0.717) is 19.3 Å². The third kappa shape index (κ3) is 50.2. The number of unbranched alkanes of at least 4 members (excludes halogenated alkanes) is 31. The fourth-order valence-corrected chi connectivity index (χ4v) is 7.66. The minimum atomic E-state index is -0.787. The van der Waals surface area contributed by atoms with Gasteiger partial charge in [-0.15, -0.1) is 0 Å². The summed E-state index contributed by atoms with van der Waals surface area (Å²) in [5.74, 6) is -0.913. The van der Waals surface area contributed by atoms with Crippen molar-refractivity contribution < 1.29 is 28.6 Å². The number of hydrogen-bond donors (Lipinski definition) is 0. The van der Waals surface area contributed by atoms with Crippen LogP contribution >= 0.6 is 0 Å². The Kier molecular flexibility index (Phi) is 49.8. The monoisotopic (exact) mass is 883 g/mol. The molecule has 1 unspecified atom stereocenters. The van der Waals surface area contributed by atoms with Gasteiger partial charge in [0.05, 0.1) is 0 Å². The number of carbonyl (C=O) groups excluding carboxylic acids is 3. The maximum absolute atomic E-state index is 12.8. The molecule has 0 radical (unpaired) electrons. The van der Waals surface area contributed by atoms with Crippen molar-refractivity contribution in [2.24, 2.45) is 0 Å². The van der Waals surface area contributed by atoms with Crippen LogP contribution in [0.3, 0.4) is 0 Å². The molecule has 0 aliphatic carbocycles. The highest BCUT2D eigenvalue weighted by molar-refractivity contribution is 5.71. The Bertz CT molecular complexity index is 1110. The zero-order chi connectivity index (χ0) is 45.8. The van der Waals surface area contributed by atoms with E-state index in [1.54, 1.807) is 0 Å². The fourth-order valence-electron chi connectivity index (χ4n) is 7.66. The van der Waals surface area contributed by atoms with Crippen molar-refractivity contribution in [3.8, 4) is 0 Å². The minimum Gasteiger partial charge on any atom is -0.462 e. The van der Waals surface area contributed by atoms with Gasteiger partial charge in [-0.1, -0.05) is 211 Å². The van der Waals surface area contributed by atoms with Gasteiger partial charge in [-0.05, 0) is 96.3 Å². The summed E-state index contributed by atoms with van der Waals surface area (Å²) in [5, 5.41) is 0. The molecule has 0 rings (SSSR count). The zero-order valence-electron chi connectivity index (χ0n) is 41.8. The number of carbonyl (C=O) groups is 3. The molecule has 0 saturated carbocycles. The van der Waals surface area contributed by atoms with Gasteiger partial charge in [0, 0.05) is 19.3 Å². The van der Waals surface area contributed by atoms with Crippen molar-refractivity contribution >= 4 is 17.9 Å². The summed E-state index contributed by atoms with van der Waals surface area (Å²) in [4.78, 5) is 38.0. The summed E-state index contributed by atoms with van der Waals surface area (Å²) in [7, 11) is 0. The molecule has 366 valence electrons. The molecule has 0 aromatic rings. The first-order chi connectivity index (χ1) is 31.0. The van der Waals surface area contributed by atoms with Gasteiger partial charge in [-0.25, -0.2) is 0 Å². The average Bonchev–Trinajstić information content (AvgIpc) is 3.28. The summed E-state index contributed by atoms with van der Waals surface area (Å²) in [6, 6.07) is 0. The van der Waals surface area contributed by atoms with Crippen LogP contribution in [-0.4, -0.2) is 37.2 Å². The Balaban J connectivity index is 4.41. The van der Waals surface area contributed by atoms with Crippen LogP contribution in [-0.2, 0) is 28.6 Å². The smallest absolute Gasteiger partial charge is 0.306 e. The predicted molar refractivity (Wildman–Crippen MR) is 270 cm³/mol. The van der Waals surface area contributed by atoms with Gasteiger partial charge in [-0.2, -0.15) is 0 Å². The second kappa shape index (κ2) is 52.0. The molecule has 0 heterocycles. The van der Waals surface area contributed by atoms with E-state index < -0.39 is 6.10 Å². The third-order valence-electron chi connectivity index (χ3n) is 11.8. The van der Waals surface area contributed by atoms with Crippen LogP contribution < -0.4 is 0 Å². The number of hydrogen-bond acceptors (Lipinski definition) is 6. The van der Waals surface area contributed by atoms with Gasteiger partial charge < -0.3 is 14.2 Å². The van der Waals surface area contributed by atoms with Crippen LogP contribution in [0.4, 0.5) is 0 Å². The number of ether oxygens (including phenoxy) is 3. The van der Waals surface area contributed by atoms with Crippen molar-refractivity contribution in [1.82, 2.24) is 0 Å². The molecule has 0 saturated heterocycles. The van der Waals surface area contributed by atoms with Crippen LogP contribution in [0.2, 0.25) is 0 Å². The SMILES string of the molecule is CCCCC/C=C\C=C/CCCCCCCCC(=O)OC(COC(=O)CCCCC/C=C\CCCCCCCCC)COC(=O)CCCCCCC/C=C\CCCCCCCCC. The summed E-state index contributed by atoms with van der Waals surface area (Å²) in [6.45, 7) is 6.59. The van der Waals surface area contributed by atoms with Crippen molar-refractivity contribution in [2.45, 2.75) is 284 Å². The van der Waals surface area contributed by atoms with Gasteiger partial charge in [0.1, 0.15) is 13.2 Å². The van der Waals surface area contributed by atoms with E-state index in [4.69, 9.17) is 14.2 Å². The Labute approximate surface area is 390 Å². The van der Waals surface area contributed by atoms with E-state index in [9.17, 15) is 14.4 Å². The van der Waals surface area contributed by atoms with Crippen LogP contribution in [0.5, 0.6) is 0 Å². The molecule has 0 bridgehead atoms. The Morgan fingerprint density at radius 3 is 0.937 bits per heavy atom. The van der Waals surface area contributed by atoms with Crippen LogP contribution in [0.25, 0.3) is 0 Å². The molecule has 1 atom stereocenters. The van der Waals surface area contributed by atoms with Gasteiger partial charge in [-0.3, -0.25) is 14.4 Å². The molecule has 63 heavy (non-hydrogen) atoms. The molecule has 6 nitrogen and oxygen atoms in total. The summed E-state index contributed by atoms with van der Waals surface area (Å²) in [6.07, 6.45) is 62.3. The summed E-state index contributed by atoms with van der Waals surface area (Å²) >= 11 is 0. The molecule has 0 N–H and O–H groups in total. The molecule has 6 heteroatoms. The highest BCUT2D eigenvalue weighted by Gasteiger charge is 2.19. The quantitative estimate of drug-likeness (QED) is 0.0199. The molecule has 0 aromatic carbocycles. The Morgan fingerprint density at radius 2 is 0.571 bits per heavy atom. The van der Waals surface area contributed by atoms with E-state index in [1.165, 1.54) is 148 Å². The topological polar surface area (TPSA) is 78.9 Å². The lowest BCUT2D eigenvalue weighted by atomic mass is 10.1. The average molecular weight is 883 g/mol. The molecular weight excluding hydrogens is 781 g/mol. The highest BCUT2D eigenvalue weighted by Crippen LogP contribution is 2.14. The largest absolute Gasteiger partial charge is 0.462 e. The van der Waals surface area contributed by atoms with Crippen molar-refractivity contribution in [3.63, 3.8) is 0 Å². The van der Waals surface area contributed by atoms with E-state index >= 15 is 0 Å². The van der Waals surface area contributed by atoms with Crippen molar-refractivity contribution in [3.05, 3.63) is 48.6 Å². The Hall–Kier alpha value is -2.63. The first-order valence-electron chi connectivity index (χ1n) is 27.2. The third-order valence-corrected chi connectivity index (χ3v) is 11.8. The first-order valence-corrected chi connectivity index (χ1v) is 27.2. The lowest BCUT2D eigenvalue weighted by molar-refractivity contribution is -0.167. The standard InChI is InChI=1S/C57H102O6/c1-4-7-10-13-16-19-22-25-28-30-32-35-38-41-44-47-50-56(59)62-53-54(52-61-55(58)49-46-43-40-37-34-31-27-24-21-18-15-12-9-6-3)63-57(60)51-48-45-42-39-36-33-29-26-23-20-17-14-11-8-5-2/h17,20,23,26,28,30-31,34,54H,4-16,18-19,21-22,24-25,27,29,32-33,35-53H2,1-3H3/b20-17-,26-23-,30-28-,34-31-. The van der Waals surface area contributed by atoms with Crippen LogP contribution in [0, 0.1) is 0 Å². The van der Waals surface area contributed by atoms with Gasteiger partial charge in [0.15, 0.2) is 6.10 Å². The number of esters is 3. The van der Waals surface area contributed by atoms with E-state index in [0.717, 1.165) is 89.9 Å². The summed E-state index contributed by atoms with van der Waals surface area (Å²) in [5.41, 5.74) is 0. The van der Waals surface area contributed by atoms with Crippen LogP contribution in [0.15, 0.2) is 48.6 Å². The van der Waals surface area contributed by atoms with E-state index in [2.05, 4.69) is 69.4 Å². The van der Waals surface area contributed by atoms with Gasteiger partial charge >= 0.3 is 17.9 Å². The maximum Gasteiger partial charge on any atom is 0.306 e. The summed E-state index contributed by atoms with van der Waals surface area (Å²) < 4.78 is 16.8. The molecule has 0 fully saturated rings. The second-order valence-corrected chi connectivity index (χ2v) is 18.2. The van der Waals surface area contributed by atoms with Crippen molar-refractivity contribution in [2.75, 3.05) is 13.2 Å².